The highest BCUT2D eigenvalue weighted by Crippen LogP contribution is 2.45. The van der Waals surface area contributed by atoms with E-state index in [4.69, 9.17) is 9.47 Å². The Morgan fingerprint density at radius 3 is 2.64 bits per heavy atom. The summed E-state index contributed by atoms with van der Waals surface area (Å²) >= 11 is 0. The average Bonchev–Trinajstić information content (AvgIpc) is 3.59. The lowest BCUT2D eigenvalue weighted by Crippen LogP contribution is -2.08. The fourth-order valence-corrected chi connectivity index (χ4v) is 5.07. The Kier molecular flexibility index (Phi) is 5.92. The van der Waals surface area contributed by atoms with Gasteiger partial charge in [0.05, 0.1) is 7.11 Å². The molecule has 5 rings (SSSR count). The number of carbonyl (C=O) groups is 1. The number of halogens is 1. The zero-order valence-corrected chi connectivity index (χ0v) is 19.1. The summed E-state index contributed by atoms with van der Waals surface area (Å²) in [5.74, 6) is 2.39. The van der Waals surface area contributed by atoms with E-state index in [9.17, 15) is 9.18 Å². The van der Waals surface area contributed by atoms with Crippen LogP contribution in [0.15, 0.2) is 60.7 Å². The molecule has 0 bridgehead atoms. The van der Waals surface area contributed by atoms with Gasteiger partial charge < -0.3 is 14.3 Å². The maximum absolute atomic E-state index is 14.4. The van der Waals surface area contributed by atoms with Crippen LogP contribution in [0.1, 0.15) is 61.3 Å². The van der Waals surface area contributed by atoms with E-state index in [-0.39, 0.29) is 17.7 Å². The number of carbonyl (C=O) groups excluding carboxylic acids is 1. The van der Waals surface area contributed by atoms with Gasteiger partial charge in [-0.1, -0.05) is 30.3 Å². The molecule has 3 nitrogen and oxygen atoms in total. The van der Waals surface area contributed by atoms with E-state index in [2.05, 4.69) is 24.3 Å². The number of rotatable bonds is 8. The van der Waals surface area contributed by atoms with Crippen LogP contribution in [0.2, 0.25) is 0 Å². The predicted octanol–water partition coefficient (Wildman–Crippen LogP) is 7.04. The molecule has 0 saturated heterocycles. The third-order valence-electron chi connectivity index (χ3n) is 6.91. The normalized spacial score (nSPS) is 18.0. The number of hydrogen-bond donors (Lipinski definition) is 0. The highest BCUT2D eigenvalue weighted by Gasteiger charge is 2.33. The van der Waals surface area contributed by atoms with Crippen LogP contribution in [0.25, 0.3) is 11.1 Å². The van der Waals surface area contributed by atoms with Crippen LogP contribution in [0, 0.1) is 11.7 Å². The molecular weight excluding hydrogens is 415 g/mol. The molecule has 1 saturated carbocycles. The molecule has 0 spiro atoms. The fourth-order valence-electron chi connectivity index (χ4n) is 5.07. The second-order valence-electron chi connectivity index (χ2n) is 9.33. The Morgan fingerprint density at radius 2 is 1.88 bits per heavy atom. The summed E-state index contributed by atoms with van der Waals surface area (Å²) in [5.41, 5.74) is 4.96. The molecule has 0 unspecified atom stereocenters. The number of hydrogen-bond acceptors (Lipinski definition) is 3. The van der Waals surface area contributed by atoms with E-state index < -0.39 is 0 Å². The first-order valence-corrected chi connectivity index (χ1v) is 11.7. The quantitative estimate of drug-likeness (QED) is 0.374. The Labute approximate surface area is 194 Å². The molecule has 2 aliphatic carbocycles. The lowest BCUT2D eigenvalue weighted by Gasteiger charge is -2.19. The zero-order chi connectivity index (χ0) is 22.9. The van der Waals surface area contributed by atoms with Gasteiger partial charge in [-0.15, -0.1) is 0 Å². The van der Waals surface area contributed by atoms with Gasteiger partial charge in [-0.2, -0.15) is 0 Å². The SMILES string of the molecule is COc1ccc(F)c(-c2ccc3c(c2)CC[C@H]3Oc2cccc([C@@H](CC(C)=O)C3CC3)c2)c1. The number of methoxy groups -OCH3 is 1. The summed E-state index contributed by atoms with van der Waals surface area (Å²) in [6.45, 7) is 1.68. The third-order valence-corrected chi connectivity index (χ3v) is 6.91. The predicted molar refractivity (Wildman–Crippen MR) is 127 cm³/mol. The van der Waals surface area contributed by atoms with E-state index in [1.807, 2.05) is 18.2 Å². The van der Waals surface area contributed by atoms with Crippen molar-refractivity contribution in [3.63, 3.8) is 0 Å². The van der Waals surface area contributed by atoms with Gasteiger partial charge in [-0.3, -0.25) is 0 Å². The van der Waals surface area contributed by atoms with Gasteiger partial charge in [0.25, 0.3) is 0 Å². The van der Waals surface area contributed by atoms with Gasteiger partial charge in [0, 0.05) is 12.0 Å². The van der Waals surface area contributed by atoms with Crippen LogP contribution < -0.4 is 9.47 Å². The monoisotopic (exact) mass is 444 g/mol. The van der Waals surface area contributed by atoms with Gasteiger partial charge in [0.2, 0.25) is 0 Å². The average molecular weight is 445 g/mol. The van der Waals surface area contributed by atoms with Crippen LogP contribution in [0.5, 0.6) is 11.5 Å². The van der Waals surface area contributed by atoms with Gasteiger partial charge in [0.15, 0.2) is 0 Å². The molecule has 0 aliphatic heterocycles. The lowest BCUT2D eigenvalue weighted by molar-refractivity contribution is -0.117. The smallest absolute Gasteiger partial charge is 0.131 e. The molecule has 2 atom stereocenters. The maximum Gasteiger partial charge on any atom is 0.131 e. The van der Waals surface area contributed by atoms with Crippen LogP contribution in [-0.4, -0.2) is 12.9 Å². The van der Waals surface area contributed by atoms with Crippen LogP contribution in [0.4, 0.5) is 4.39 Å². The number of aryl methyl sites for hydroxylation is 1. The van der Waals surface area contributed by atoms with Crippen molar-refractivity contribution < 1.29 is 18.7 Å². The molecule has 3 aromatic rings. The van der Waals surface area contributed by atoms with Crippen molar-refractivity contribution in [1.29, 1.82) is 0 Å². The molecule has 1 fully saturated rings. The second-order valence-corrected chi connectivity index (χ2v) is 9.33. The summed E-state index contributed by atoms with van der Waals surface area (Å²) in [7, 11) is 1.59. The number of ether oxygens (including phenoxy) is 2. The van der Waals surface area contributed by atoms with Crippen LogP contribution in [0.3, 0.4) is 0 Å². The van der Waals surface area contributed by atoms with Crippen molar-refractivity contribution in [2.45, 2.75) is 51.0 Å². The zero-order valence-electron chi connectivity index (χ0n) is 19.1. The minimum absolute atomic E-state index is 0.0216. The van der Waals surface area contributed by atoms with Crippen molar-refractivity contribution in [1.82, 2.24) is 0 Å². The summed E-state index contributed by atoms with van der Waals surface area (Å²) < 4.78 is 26.1. The molecule has 3 aromatic carbocycles. The molecule has 0 N–H and O–H groups in total. The van der Waals surface area contributed by atoms with E-state index >= 15 is 0 Å². The third kappa shape index (κ3) is 4.66. The van der Waals surface area contributed by atoms with E-state index in [0.29, 0.717) is 29.6 Å². The molecule has 0 aromatic heterocycles. The minimum atomic E-state index is -0.255. The molecular formula is C29H29FO3. The van der Waals surface area contributed by atoms with Gasteiger partial charge in [-0.05, 0) is 97.0 Å². The highest BCUT2D eigenvalue weighted by atomic mass is 19.1. The largest absolute Gasteiger partial charge is 0.497 e. The van der Waals surface area contributed by atoms with Crippen molar-refractivity contribution in [3.8, 4) is 22.6 Å². The highest BCUT2D eigenvalue weighted by molar-refractivity contribution is 5.76. The van der Waals surface area contributed by atoms with Crippen molar-refractivity contribution in [2.24, 2.45) is 5.92 Å². The number of ketones is 1. The van der Waals surface area contributed by atoms with E-state index in [1.165, 1.54) is 30.0 Å². The minimum Gasteiger partial charge on any atom is -0.497 e. The van der Waals surface area contributed by atoms with Crippen molar-refractivity contribution in [2.75, 3.05) is 7.11 Å². The maximum atomic E-state index is 14.4. The van der Waals surface area contributed by atoms with Crippen LogP contribution in [-0.2, 0) is 11.2 Å². The Balaban J connectivity index is 1.36. The Hall–Kier alpha value is -3.14. The molecule has 2 aliphatic rings. The number of Topliss-reactive ketones (excluding diaryl/α,β-unsaturated/α-hetero) is 1. The van der Waals surface area contributed by atoms with E-state index in [1.54, 1.807) is 26.2 Å². The summed E-state index contributed by atoms with van der Waals surface area (Å²) in [6.07, 6.45) is 4.78. The summed E-state index contributed by atoms with van der Waals surface area (Å²) in [5, 5.41) is 0. The first kappa shape index (κ1) is 21.7. The Morgan fingerprint density at radius 1 is 1.03 bits per heavy atom. The van der Waals surface area contributed by atoms with Gasteiger partial charge in [-0.25, -0.2) is 4.39 Å². The molecule has 0 heterocycles. The fraction of sp³-hybridized carbons (Fsp3) is 0.345. The van der Waals surface area contributed by atoms with E-state index in [0.717, 1.165) is 29.7 Å². The Bertz CT molecular complexity index is 1180. The van der Waals surface area contributed by atoms with Crippen LogP contribution >= 0.6 is 0 Å². The standard InChI is InChI=1S/C29H29FO3/c1-18(31)14-26(19-6-7-19)20-4-3-5-24(16-20)33-29-13-9-21-15-22(8-11-25(21)29)27-17-23(32-2)10-12-28(27)30/h3-5,8,10-12,15-17,19,26,29H,6-7,9,13-14H2,1-2H3/t26-,29+/m0/s1. The number of fused-ring (bicyclic) bond motifs is 1. The first-order valence-electron chi connectivity index (χ1n) is 11.7. The molecule has 4 heteroatoms. The van der Waals surface area contributed by atoms with Gasteiger partial charge >= 0.3 is 0 Å². The number of benzene rings is 3. The first-order chi connectivity index (χ1) is 16.0. The summed E-state index contributed by atoms with van der Waals surface area (Å²) in [4.78, 5) is 11.8. The molecule has 0 radical (unpaired) electrons. The van der Waals surface area contributed by atoms with Gasteiger partial charge in [0.1, 0.15) is 29.2 Å². The molecule has 33 heavy (non-hydrogen) atoms. The van der Waals surface area contributed by atoms with Crippen molar-refractivity contribution in [3.05, 3.63) is 83.2 Å². The van der Waals surface area contributed by atoms with Crippen molar-refractivity contribution >= 4 is 5.78 Å². The molecule has 170 valence electrons. The second kappa shape index (κ2) is 9.01. The summed E-state index contributed by atoms with van der Waals surface area (Å²) in [6, 6.07) is 19.2. The lowest BCUT2D eigenvalue weighted by atomic mass is 9.89. The topological polar surface area (TPSA) is 35.5 Å². The molecule has 0 amide bonds.